The molecule has 1 aromatic heterocycles. The van der Waals surface area contributed by atoms with E-state index in [2.05, 4.69) is 15.3 Å². The molecule has 98 valence electrons. The molecule has 0 saturated heterocycles. The molecule has 0 radical (unpaired) electrons. The number of carbonyl (C=O) groups excluding carboxylic acids is 1. The molecule has 2 rings (SSSR count). The fourth-order valence-electron chi connectivity index (χ4n) is 1.56. The molecule has 0 unspecified atom stereocenters. The maximum absolute atomic E-state index is 12.0. The minimum Gasteiger partial charge on any atom is -0.467 e. The highest BCUT2D eigenvalue weighted by atomic mass is 16.5. The van der Waals surface area contributed by atoms with E-state index in [9.17, 15) is 4.79 Å². The van der Waals surface area contributed by atoms with E-state index in [0.29, 0.717) is 5.56 Å². The molecule has 5 nitrogen and oxygen atoms in total. The molecule has 0 aliphatic carbocycles. The normalized spacial score (nSPS) is 10.1. The Hall–Kier alpha value is -2.43. The number of nitrogens with zero attached hydrogens (tertiary/aromatic N) is 2. The molecule has 1 amide bonds. The molecule has 5 heteroatoms. The first-order valence-corrected chi connectivity index (χ1v) is 5.85. The molecule has 2 aromatic rings. The van der Waals surface area contributed by atoms with E-state index in [4.69, 9.17) is 4.74 Å². The minimum atomic E-state index is -0.245. The van der Waals surface area contributed by atoms with Crippen molar-refractivity contribution in [2.75, 3.05) is 12.4 Å². The molecule has 0 saturated carbocycles. The fraction of sp³-hybridized carbons (Fsp3) is 0.214. The van der Waals surface area contributed by atoms with Crippen LogP contribution in [0.25, 0.3) is 0 Å². The lowest BCUT2D eigenvalue weighted by molar-refractivity contribution is 0.102. The quantitative estimate of drug-likeness (QED) is 0.916. The van der Waals surface area contributed by atoms with E-state index < -0.39 is 0 Å². The molecule has 19 heavy (non-hydrogen) atoms. The summed E-state index contributed by atoms with van der Waals surface area (Å²) in [5.74, 6) is -0.245. The maximum Gasteiger partial charge on any atom is 0.316 e. The predicted molar refractivity (Wildman–Crippen MR) is 72.5 cm³/mol. The van der Waals surface area contributed by atoms with Gasteiger partial charge in [0.15, 0.2) is 0 Å². The Labute approximate surface area is 111 Å². The number of anilines is 1. The van der Waals surface area contributed by atoms with Crippen LogP contribution in [0.4, 0.5) is 5.69 Å². The highest BCUT2D eigenvalue weighted by molar-refractivity contribution is 6.03. The SMILES string of the molecule is COc1ncc(C(=O)Nc2ccc(C)c(C)c2)cn1. The van der Waals surface area contributed by atoms with Gasteiger partial charge in [-0.15, -0.1) is 0 Å². The van der Waals surface area contributed by atoms with Crippen LogP contribution in [0.1, 0.15) is 21.5 Å². The molecule has 0 aliphatic heterocycles. The fourth-order valence-corrected chi connectivity index (χ4v) is 1.56. The van der Waals surface area contributed by atoms with E-state index in [1.807, 2.05) is 32.0 Å². The van der Waals surface area contributed by atoms with Crippen LogP contribution in [-0.2, 0) is 0 Å². The number of nitrogens with one attached hydrogen (secondary N) is 1. The van der Waals surface area contributed by atoms with Gasteiger partial charge in [0.05, 0.1) is 12.7 Å². The van der Waals surface area contributed by atoms with Crippen LogP contribution in [0, 0.1) is 13.8 Å². The maximum atomic E-state index is 12.0. The van der Waals surface area contributed by atoms with Gasteiger partial charge in [-0.3, -0.25) is 4.79 Å². The highest BCUT2D eigenvalue weighted by Gasteiger charge is 2.08. The molecule has 0 atom stereocenters. The Kier molecular flexibility index (Phi) is 3.75. The van der Waals surface area contributed by atoms with Gasteiger partial charge in [0, 0.05) is 18.1 Å². The van der Waals surface area contributed by atoms with Gasteiger partial charge in [-0.25, -0.2) is 9.97 Å². The Morgan fingerprint density at radius 2 is 1.84 bits per heavy atom. The zero-order chi connectivity index (χ0) is 13.8. The molecule has 0 aliphatic rings. The van der Waals surface area contributed by atoms with Crippen LogP contribution in [0.2, 0.25) is 0 Å². The summed E-state index contributed by atoms with van der Waals surface area (Å²) in [6.07, 6.45) is 2.87. The van der Waals surface area contributed by atoms with Crippen molar-refractivity contribution in [1.29, 1.82) is 0 Å². The zero-order valence-electron chi connectivity index (χ0n) is 11.1. The van der Waals surface area contributed by atoms with Crippen molar-refractivity contribution >= 4 is 11.6 Å². The minimum absolute atomic E-state index is 0.239. The summed E-state index contributed by atoms with van der Waals surface area (Å²) in [4.78, 5) is 19.8. The lowest BCUT2D eigenvalue weighted by atomic mass is 10.1. The smallest absolute Gasteiger partial charge is 0.316 e. The molecule has 1 N–H and O–H groups in total. The van der Waals surface area contributed by atoms with Crippen LogP contribution in [0.3, 0.4) is 0 Å². The van der Waals surface area contributed by atoms with Crippen molar-refractivity contribution in [3.05, 3.63) is 47.3 Å². The highest BCUT2D eigenvalue weighted by Crippen LogP contribution is 2.15. The van der Waals surface area contributed by atoms with Crippen LogP contribution >= 0.6 is 0 Å². The second kappa shape index (κ2) is 5.48. The first-order chi connectivity index (χ1) is 9.10. The van der Waals surface area contributed by atoms with E-state index in [-0.39, 0.29) is 11.9 Å². The second-order valence-electron chi connectivity index (χ2n) is 4.21. The number of carbonyl (C=O) groups is 1. The number of benzene rings is 1. The first kappa shape index (κ1) is 13.0. The number of aromatic nitrogens is 2. The third kappa shape index (κ3) is 3.07. The summed E-state index contributed by atoms with van der Waals surface area (Å²) in [5.41, 5.74) is 3.46. The number of hydrogen-bond acceptors (Lipinski definition) is 4. The van der Waals surface area contributed by atoms with Crippen molar-refractivity contribution in [2.24, 2.45) is 0 Å². The Balaban J connectivity index is 2.13. The number of hydrogen-bond donors (Lipinski definition) is 1. The predicted octanol–water partition coefficient (Wildman–Crippen LogP) is 2.35. The average Bonchev–Trinajstić information content (AvgIpc) is 2.43. The Morgan fingerprint density at radius 1 is 1.16 bits per heavy atom. The van der Waals surface area contributed by atoms with Crippen LogP contribution < -0.4 is 10.1 Å². The summed E-state index contributed by atoms with van der Waals surface area (Å²) in [5, 5.41) is 2.80. The first-order valence-electron chi connectivity index (χ1n) is 5.85. The molecular weight excluding hydrogens is 242 g/mol. The lowest BCUT2D eigenvalue weighted by Crippen LogP contribution is -2.13. The third-order valence-corrected chi connectivity index (χ3v) is 2.84. The zero-order valence-corrected chi connectivity index (χ0v) is 11.1. The molecule has 0 bridgehead atoms. The van der Waals surface area contributed by atoms with Crippen molar-refractivity contribution in [2.45, 2.75) is 13.8 Å². The van der Waals surface area contributed by atoms with E-state index >= 15 is 0 Å². The Morgan fingerprint density at radius 3 is 2.42 bits per heavy atom. The lowest BCUT2D eigenvalue weighted by Gasteiger charge is -2.07. The molecule has 0 spiro atoms. The van der Waals surface area contributed by atoms with Gasteiger partial charge in [0.2, 0.25) is 0 Å². The Bertz CT molecular complexity index is 594. The van der Waals surface area contributed by atoms with Gasteiger partial charge in [-0.2, -0.15) is 0 Å². The van der Waals surface area contributed by atoms with Crippen LogP contribution in [-0.4, -0.2) is 23.0 Å². The monoisotopic (exact) mass is 257 g/mol. The van der Waals surface area contributed by atoms with Gasteiger partial charge >= 0.3 is 6.01 Å². The number of ether oxygens (including phenoxy) is 1. The largest absolute Gasteiger partial charge is 0.467 e. The van der Waals surface area contributed by atoms with Gasteiger partial charge in [0.25, 0.3) is 5.91 Å². The summed E-state index contributed by atoms with van der Waals surface area (Å²) >= 11 is 0. The van der Waals surface area contributed by atoms with Crippen molar-refractivity contribution in [3.63, 3.8) is 0 Å². The van der Waals surface area contributed by atoms with Crippen LogP contribution in [0.5, 0.6) is 6.01 Å². The van der Waals surface area contributed by atoms with Gasteiger partial charge in [-0.05, 0) is 37.1 Å². The standard InChI is InChI=1S/C14H15N3O2/c1-9-4-5-12(6-10(9)2)17-13(18)11-7-15-14(19-3)16-8-11/h4-8H,1-3H3,(H,17,18). The topological polar surface area (TPSA) is 64.1 Å². The van der Waals surface area contributed by atoms with Crippen molar-refractivity contribution in [3.8, 4) is 6.01 Å². The molecule has 1 heterocycles. The molecule has 0 fully saturated rings. The van der Waals surface area contributed by atoms with Crippen molar-refractivity contribution < 1.29 is 9.53 Å². The van der Waals surface area contributed by atoms with E-state index in [1.54, 1.807) is 0 Å². The van der Waals surface area contributed by atoms with E-state index in [1.165, 1.54) is 25.1 Å². The van der Waals surface area contributed by atoms with Gasteiger partial charge in [-0.1, -0.05) is 6.07 Å². The second-order valence-corrected chi connectivity index (χ2v) is 4.21. The van der Waals surface area contributed by atoms with Crippen molar-refractivity contribution in [1.82, 2.24) is 9.97 Å². The third-order valence-electron chi connectivity index (χ3n) is 2.84. The number of amides is 1. The average molecular weight is 257 g/mol. The number of rotatable bonds is 3. The number of aryl methyl sites for hydroxylation is 2. The van der Waals surface area contributed by atoms with Crippen LogP contribution in [0.15, 0.2) is 30.6 Å². The summed E-state index contributed by atoms with van der Waals surface area (Å²) in [7, 11) is 1.48. The van der Waals surface area contributed by atoms with Gasteiger partial charge < -0.3 is 10.1 Å². The summed E-state index contributed by atoms with van der Waals surface area (Å²) in [6.45, 7) is 4.03. The van der Waals surface area contributed by atoms with E-state index in [0.717, 1.165) is 11.3 Å². The summed E-state index contributed by atoms with van der Waals surface area (Å²) < 4.78 is 4.84. The summed E-state index contributed by atoms with van der Waals surface area (Å²) in [6, 6.07) is 6.00. The van der Waals surface area contributed by atoms with Gasteiger partial charge in [0.1, 0.15) is 0 Å². The number of methoxy groups -OCH3 is 1. The molecule has 1 aromatic carbocycles. The molecular formula is C14H15N3O2.